The van der Waals surface area contributed by atoms with E-state index in [0.717, 1.165) is 37.6 Å². The third-order valence-electron chi connectivity index (χ3n) is 5.12. The molecule has 5 aromatic rings. The summed E-state index contributed by atoms with van der Waals surface area (Å²) in [4.78, 5) is 13.2. The lowest BCUT2D eigenvalue weighted by molar-refractivity contribution is 0.407. The number of pyridine rings is 1. The molecule has 0 aliphatic heterocycles. The van der Waals surface area contributed by atoms with Crippen LogP contribution in [0.5, 0.6) is 5.75 Å². The second-order valence-electron chi connectivity index (χ2n) is 7.12. The number of nitrogens with one attached hydrogen (secondary N) is 1. The summed E-state index contributed by atoms with van der Waals surface area (Å²) < 4.78 is 34.0. The van der Waals surface area contributed by atoms with Gasteiger partial charge in [-0.15, -0.1) is 11.3 Å². The number of benzene rings is 2. The van der Waals surface area contributed by atoms with Crippen LogP contribution >= 0.6 is 11.3 Å². The van der Waals surface area contributed by atoms with Gasteiger partial charge in [-0.2, -0.15) is 0 Å². The first kappa shape index (κ1) is 19.4. The number of H-pyrrole nitrogens is 1. The Morgan fingerprint density at radius 3 is 2.52 bits per heavy atom. The van der Waals surface area contributed by atoms with Crippen molar-refractivity contribution in [1.82, 2.24) is 15.0 Å². The lowest BCUT2D eigenvalue weighted by Crippen LogP contribution is -1.93. The van der Waals surface area contributed by atoms with Crippen LogP contribution in [0.4, 0.5) is 8.78 Å². The summed E-state index contributed by atoms with van der Waals surface area (Å²) >= 11 is 1.61. The number of methoxy groups -OCH3 is 1. The summed E-state index contributed by atoms with van der Waals surface area (Å²) in [5, 5.41) is 1.75. The highest BCUT2D eigenvalue weighted by molar-refractivity contribution is 7.15. The maximum atomic E-state index is 14.5. The van der Waals surface area contributed by atoms with Gasteiger partial charge in [-0.3, -0.25) is 4.98 Å². The minimum atomic E-state index is -0.680. The van der Waals surface area contributed by atoms with Crippen LogP contribution in [0.1, 0.15) is 4.88 Å². The number of hydrogen-bond acceptors (Lipinski definition) is 4. The molecule has 154 valence electrons. The van der Waals surface area contributed by atoms with E-state index in [0.29, 0.717) is 5.69 Å². The van der Waals surface area contributed by atoms with Gasteiger partial charge in [0.05, 0.1) is 24.1 Å². The third-order valence-corrected chi connectivity index (χ3v) is 6.14. The number of aromatic amines is 1. The van der Waals surface area contributed by atoms with Crippen molar-refractivity contribution in [3.8, 4) is 38.8 Å². The van der Waals surface area contributed by atoms with Gasteiger partial charge < -0.3 is 9.72 Å². The van der Waals surface area contributed by atoms with Crippen LogP contribution in [0.15, 0.2) is 60.9 Å². The van der Waals surface area contributed by atoms with Crippen LogP contribution in [0.2, 0.25) is 0 Å². The minimum Gasteiger partial charge on any atom is -0.497 e. The van der Waals surface area contributed by atoms with Crippen molar-refractivity contribution in [3.05, 3.63) is 77.4 Å². The average molecular weight is 433 g/mol. The van der Waals surface area contributed by atoms with Crippen LogP contribution < -0.4 is 4.74 Å². The van der Waals surface area contributed by atoms with Crippen molar-refractivity contribution < 1.29 is 13.5 Å². The third kappa shape index (κ3) is 3.47. The Labute approximate surface area is 181 Å². The molecular weight excluding hydrogens is 416 g/mol. The number of hydrogen-bond donors (Lipinski definition) is 1. The number of thiazole rings is 1. The summed E-state index contributed by atoms with van der Waals surface area (Å²) in [7, 11) is 1.37. The van der Waals surface area contributed by atoms with E-state index in [2.05, 4.69) is 9.97 Å². The predicted molar refractivity (Wildman–Crippen MR) is 119 cm³/mol. The molecule has 0 fully saturated rings. The first-order valence-electron chi connectivity index (χ1n) is 9.58. The zero-order chi connectivity index (χ0) is 21.5. The average Bonchev–Trinajstić information content (AvgIpc) is 3.36. The molecule has 3 aromatic heterocycles. The monoisotopic (exact) mass is 433 g/mol. The fourth-order valence-corrected chi connectivity index (χ4v) is 4.54. The van der Waals surface area contributed by atoms with Gasteiger partial charge in [0.25, 0.3) is 0 Å². The van der Waals surface area contributed by atoms with E-state index >= 15 is 0 Å². The van der Waals surface area contributed by atoms with E-state index in [4.69, 9.17) is 9.72 Å². The molecular formula is C24H17F2N3OS. The highest BCUT2D eigenvalue weighted by Crippen LogP contribution is 2.36. The van der Waals surface area contributed by atoms with Crippen molar-refractivity contribution >= 4 is 22.2 Å². The molecule has 1 N–H and O–H groups in total. The summed E-state index contributed by atoms with van der Waals surface area (Å²) in [5.74, 6) is -1.22. The molecule has 0 saturated carbocycles. The Bertz CT molecular complexity index is 1390. The highest BCUT2D eigenvalue weighted by atomic mass is 32.1. The Morgan fingerprint density at radius 1 is 1.00 bits per heavy atom. The van der Waals surface area contributed by atoms with Gasteiger partial charge in [0.1, 0.15) is 22.4 Å². The fourth-order valence-electron chi connectivity index (χ4n) is 3.62. The maximum absolute atomic E-state index is 14.5. The molecule has 0 radical (unpaired) electrons. The first-order valence-corrected chi connectivity index (χ1v) is 10.4. The predicted octanol–water partition coefficient (Wildman–Crippen LogP) is 6.62. The Balaban J connectivity index is 1.57. The molecule has 0 aliphatic carbocycles. The largest absolute Gasteiger partial charge is 0.497 e. The Hall–Kier alpha value is -3.58. The van der Waals surface area contributed by atoms with E-state index < -0.39 is 11.6 Å². The van der Waals surface area contributed by atoms with E-state index in [1.807, 2.05) is 37.3 Å². The number of aryl methyl sites for hydroxylation is 1. The molecule has 31 heavy (non-hydrogen) atoms. The van der Waals surface area contributed by atoms with Gasteiger partial charge in [0.15, 0.2) is 0 Å². The smallest absolute Gasteiger partial charge is 0.139 e. The van der Waals surface area contributed by atoms with E-state index in [1.165, 1.54) is 19.2 Å². The van der Waals surface area contributed by atoms with Gasteiger partial charge in [-0.25, -0.2) is 13.8 Å². The van der Waals surface area contributed by atoms with Crippen molar-refractivity contribution in [1.29, 1.82) is 0 Å². The van der Waals surface area contributed by atoms with Gasteiger partial charge in [-0.1, -0.05) is 6.07 Å². The number of nitrogens with zero attached hydrogens (tertiary/aromatic N) is 2. The standard InChI is InChI=1S/C24H17F2N3OS/c1-13-23(29-24(31-13)15-4-3-7-27-12-15)14-5-6-20-16(8-14)9-21(28-20)22-18(25)10-17(30-2)11-19(22)26/h3-12,28H,1-2H3. The summed E-state index contributed by atoms with van der Waals surface area (Å²) in [6, 6.07) is 13.8. The molecule has 0 bridgehead atoms. The maximum Gasteiger partial charge on any atom is 0.139 e. The zero-order valence-electron chi connectivity index (χ0n) is 16.7. The molecule has 7 heteroatoms. The van der Waals surface area contributed by atoms with E-state index in [9.17, 15) is 8.78 Å². The molecule has 0 unspecified atom stereocenters. The molecule has 2 aromatic carbocycles. The van der Waals surface area contributed by atoms with Crippen molar-refractivity contribution in [2.75, 3.05) is 7.11 Å². The molecule has 0 saturated heterocycles. The summed E-state index contributed by atoms with van der Waals surface area (Å²) in [6.45, 7) is 2.03. The Kier molecular flexibility index (Phi) is 4.75. The number of ether oxygens (including phenoxy) is 1. The van der Waals surface area contributed by atoms with Crippen LogP contribution in [0.3, 0.4) is 0 Å². The minimum absolute atomic E-state index is 0.109. The van der Waals surface area contributed by atoms with Gasteiger partial charge in [0.2, 0.25) is 0 Å². The summed E-state index contributed by atoms with van der Waals surface area (Å²) in [6.07, 6.45) is 3.53. The fraction of sp³-hybridized carbons (Fsp3) is 0.0833. The molecule has 0 aliphatic rings. The lowest BCUT2D eigenvalue weighted by Gasteiger charge is -2.05. The Morgan fingerprint density at radius 2 is 1.81 bits per heavy atom. The molecule has 5 rings (SSSR count). The van der Waals surface area contributed by atoms with Crippen LogP contribution in [-0.2, 0) is 0 Å². The van der Waals surface area contributed by atoms with E-state index in [-0.39, 0.29) is 11.3 Å². The van der Waals surface area contributed by atoms with E-state index in [1.54, 1.807) is 29.8 Å². The molecule has 4 nitrogen and oxygen atoms in total. The number of aromatic nitrogens is 3. The normalized spacial score (nSPS) is 11.2. The number of halogens is 2. The van der Waals surface area contributed by atoms with Crippen LogP contribution in [-0.4, -0.2) is 22.1 Å². The van der Waals surface area contributed by atoms with Gasteiger partial charge in [-0.05, 0) is 37.3 Å². The highest BCUT2D eigenvalue weighted by Gasteiger charge is 2.17. The lowest BCUT2D eigenvalue weighted by atomic mass is 10.1. The molecule has 3 heterocycles. The second-order valence-corrected chi connectivity index (χ2v) is 8.32. The van der Waals surface area contributed by atoms with Gasteiger partial charge >= 0.3 is 0 Å². The van der Waals surface area contributed by atoms with Crippen LogP contribution in [0, 0.1) is 18.6 Å². The number of rotatable bonds is 4. The SMILES string of the molecule is COc1cc(F)c(-c2cc3cc(-c4nc(-c5cccnc5)sc4C)ccc3[nH]2)c(F)c1. The quantitative estimate of drug-likeness (QED) is 0.347. The van der Waals surface area contributed by atoms with Crippen molar-refractivity contribution in [2.24, 2.45) is 0 Å². The second kappa shape index (κ2) is 7.59. The van der Waals surface area contributed by atoms with Gasteiger partial charge in [0, 0.05) is 51.4 Å². The van der Waals surface area contributed by atoms with Crippen molar-refractivity contribution in [2.45, 2.75) is 6.92 Å². The number of fused-ring (bicyclic) bond motifs is 1. The van der Waals surface area contributed by atoms with Crippen LogP contribution in [0.25, 0.3) is 44.0 Å². The first-order chi connectivity index (χ1) is 15.0. The molecule has 0 atom stereocenters. The zero-order valence-corrected chi connectivity index (χ0v) is 17.6. The topological polar surface area (TPSA) is 50.8 Å². The van der Waals surface area contributed by atoms with Crippen molar-refractivity contribution in [3.63, 3.8) is 0 Å². The molecule has 0 amide bonds. The molecule has 0 spiro atoms. The summed E-state index contributed by atoms with van der Waals surface area (Å²) in [5.41, 5.74) is 3.84.